The van der Waals surface area contributed by atoms with Crippen molar-refractivity contribution in [2.75, 3.05) is 20.0 Å². The fraction of sp³-hybridized carbons (Fsp3) is 0.643. The zero-order chi connectivity index (χ0) is 15.0. The van der Waals surface area contributed by atoms with E-state index >= 15 is 0 Å². The van der Waals surface area contributed by atoms with Crippen LogP contribution in [0.15, 0.2) is 12.3 Å². The predicted molar refractivity (Wildman–Crippen MR) is 79.0 cm³/mol. The van der Waals surface area contributed by atoms with Gasteiger partial charge in [-0.05, 0) is 12.5 Å². The summed E-state index contributed by atoms with van der Waals surface area (Å²) in [5, 5.41) is 0. The third-order valence-electron chi connectivity index (χ3n) is 2.96. The van der Waals surface area contributed by atoms with Gasteiger partial charge in [-0.2, -0.15) is 0 Å². The van der Waals surface area contributed by atoms with Gasteiger partial charge in [0.2, 0.25) is 0 Å². The van der Waals surface area contributed by atoms with Gasteiger partial charge in [0.25, 0.3) is 0 Å². The van der Waals surface area contributed by atoms with Crippen LogP contribution in [0.5, 0.6) is 0 Å². The molecule has 0 aromatic carbocycles. The third kappa shape index (κ3) is 5.09. The van der Waals surface area contributed by atoms with Crippen molar-refractivity contribution in [1.82, 2.24) is 4.57 Å². The Labute approximate surface area is 122 Å². The molecule has 1 aromatic rings. The number of unbranched alkanes of at least 4 members (excludes halogenated alkanes) is 2. The molecule has 0 bridgehead atoms. The first-order chi connectivity index (χ1) is 9.62. The van der Waals surface area contributed by atoms with Crippen molar-refractivity contribution in [3.63, 3.8) is 0 Å². The Morgan fingerprint density at radius 2 is 2.10 bits per heavy atom. The van der Waals surface area contributed by atoms with E-state index < -0.39 is 16.8 Å². The number of nitrogens with zero attached hydrogens (tertiary/aromatic N) is 1. The summed E-state index contributed by atoms with van der Waals surface area (Å²) in [6.07, 6.45) is 4.86. The third-order valence-corrected chi connectivity index (χ3v) is 4.32. The molecule has 0 saturated heterocycles. The van der Waals surface area contributed by atoms with Crippen LogP contribution in [0.1, 0.15) is 42.2 Å². The van der Waals surface area contributed by atoms with Crippen molar-refractivity contribution in [3.05, 3.63) is 23.5 Å². The van der Waals surface area contributed by atoms with Crippen LogP contribution >= 0.6 is 0 Å². The second-order valence-electron chi connectivity index (χ2n) is 4.59. The molecule has 114 valence electrons. The fourth-order valence-corrected chi connectivity index (χ4v) is 3.16. The topological polar surface area (TPSA) is 57.5 Å². The summed E-state index contributed by atoms with van der Waals surface area (Å²) < 4.78 is 23.6. The lowest BCUT2D eigenvalue weighted by molar-refractivity contribution is 0.0600. The van der Waals surface area contributed by atoms with Gasteiger partial charge in [-0.3, -0.25) is 4.21 Å². The number of ether oxygens (including phenoxy) is 2. The Hall–Kier alpha value is -1.14. The van der Waals surface area contributed by atoms with E-state index in [1.807, 2.05) is 0 Å². The molecular formula is C14H23NO4S. The molecule has 0 saturated carbocycles. The highest BCUT2D eigenvalue weighted by molar-refractivity contribution is 7.84. The van der Waals surface area contributed by atoms with Gasteiger partial charge in [0.15, 0.2) is 0 Å². The summed E-state index contributed by atoms with van der Waals surface area (Å²) in [6.45, 7) is 2.45. The SMILES string of the molecule is CCCCCS(=O)Cc1cc(C(=O)OC)cn1COC. The van der Waals surface area contributed by atoms with Crippen molar-refractivity contribution in [2.45, 2.75) is 38.7 Å². The number of carbonyl (C=O) groups is 1. The first kappa shape index (κ1) is 16.9. The smallest absolute Gasteiger partial charge is 0.339 e. The van der Waals surface area contributed by atoms with Crippen LogP contribution in [0.2, 0.25) is 0 Å². The van der Waals surface area contributed by atoms with Crippen LogP contribution in [-0.4, -0.2) is 34.7 Å². The Bertz CT molecular complexity index is 456. The molecule has 0 amide bonds. The van der Waals surface area contributed by atoms with Crippen LogP contribution in [0.3, 0.4) is 0 Å². The van der Waals surface area contributed by atoms with Gasteiger partial charge in [0, 0.05) is 35.6 Å². The van der Waals surface area contributed by atoms with E-state index in [0.717, 1.165) is 25.0 Å². The Kier molecular flexibility index (Phi) is 7.54. The summed E-state index contributed by atoms with van der Waals surface area (Å²) in [5.41, 5.74) is 1.30. The molecule has 0 aliphatic rings. The molecule has 0 radical (unpaired) electrons. The van der Waals surface area contributed by atoms with E-state index in [4.69, 9.17) is 9.47 Å². The zero-order valence-electron chi connectivity index (χ0n) is 12.4. The maximum atomic E-state index is 12.0. The van der Waals surface area contributed by atoms with E-state index in [-0.39, 0.29) is 0 Å². The monoisotopic (exact) mass is 301 g/mol. The Morgan fingerprint density at radius 1 is 1.35 bits per heavy atom. The Morgan fingerprint density at radius 3 is 2.70 bits per heavy atom. The highest BCUT2D eigenvalue weighted by Gasteiger charge is 2.14. The molecular weight excluding hydrogens is 278 g/mol. The molecule has 1 atom stereocenters. The first-order valence-electron chi connectivity index (χ1n) is 6.73. The van der Waals surface area contributed by atoms with E-state index in [9.17, 15) is 9.00 Å². The second kappa shape index (κ2) is 8.92. The van der Waals surface area contributed by atoms with Gasteiger partial charge in [0.1, 0.15) is 6.73 Å². The number of aromatic nitrogens is 1. The molecule has 6 heteroatoms. The van der Waals surface area contributed by atoms with Crippen molar-refractivity contribution in [2.24, 2.45) is 0 Å². The summed E-state index contributed by atoms with van der Waals surface area (Å²) in [5.74, 6) is 0.738. The summed E-state index contributed by atoms with van der Waals surface area (Å²) in [4.78, 5) is 11.5. The standard InChI is InChI=1S/C14H23NO4S/c1-4-5-6-7-20(17)10-13-8-12(14(16)19-3)9-15(13)11-18-2/h8-9H,4-7,10-11H2,1-3H3. The molecule has 1 unspecified atom stereocenters. The van der Waals surface area contributed by atoms with Gasteiger partial charge in [0.05, 0.1) is 18.4 Å². The Balaban J connectivity index is 2.73. The minimum absolute atomic E-state index is 0.332. The van der Waals surface area contributed by atoms with Crippen molar-refractivity contribution >= 4 is 16.8 Å². The van der Waals surface area contributed by atoms with E-state index in [1.165, 1.54) is 7.11 Å². The van der Waals surface area contributed by atoms with Crippen LogP contribution < -0.4 is 0 Å². The van der Waals surface area contributed by atoms with Gasteiger partial charge in [-0.1, -0.05) is 19.8 Å². The molecule has 20 heavy (non-hydrogen) atoms. The number of hydrogen-bond donors (Lipinski definition) is 0. The highest BCUT2D eigenvalue weighted by Crippen LogP contribution is 2.13. The van der Waals surface area contributed by atoms with Crippen molar-refractivity contribution < 1.29 is 18.5 Å². The molecule has 1 heterocycles. The summed E-state index contributed by atoms with van der Waals surface area (Å²) in [6, 6.07) is 1.72. The minimum atomic E-state index is -0.917. The normalized spacial score (nSPS) is 12.3. The van der Waals surface area contributed by atoms with Crippen LogP contribution in [0.4, 0.5) is 0 Å². The second-order valence-corrected chi connectivity index (χ2v) is 6.17. The number of rotatable bonds is 9. The largest absolute Gasteiger partial charge is 0.465 e. The number of carbonyl (C=O) groups excluding carboxylic acids is 1. The molecule has 5 nitrogen and oxygen atoms in total. The molecule has 0 spiro atoms. The van der Waals surface area contributed by atoms with Crippen molar-refractivity contribution in [3.8, 4) is 0 Å². The molecule has 1 rings (SSSR count). The van der Waals surface area contributed by atoms with Gasteiger partial charge in [-0.15, -0.1) is 0 Å². The summed E-state index contributed by atoms with van der Waals surface area (Å²) in [7, 11) is 2.01. The molecule has 0 aliphatic carbocycles. The minimum Gasteiger partial charge on any atom is -0.465 e. The molecule has 0 fully saturated rings. The molecule has 0 aliphatic heterocycles. The lowest BCUT2D eigenvalue weighted by atomic mass is 10.3. The van der Waals surface area contributed by atoms with Gasteiger partial charge in [-0.25, -0.2) is 4.79 Å². The number of methoxy groups -OCH3 is 2. The average molecular weight is 301 g/mol. The van der Waals surface area contributed by atoms with E-state index in [2.05, 4.69) is 6.92 Å². The predicted octanol–water partition coefficient (Wildman–Crippen LogP) is 2.32. The van der Waals surface area contributed by atoms with Gasteiger partial charge >= 0.3 is 5.97 Å². The lowest BCUT2D eigenvalue weighted by Crippen LogP contribution is -2.08. The maximum absolute atomic E-state index is 12.0. The molecule has 1 aromatic heterocycles. The highest BCUT2D eigenvalue weighted by atomic mass is 32.2. The van der Waals surface area contributed by atoms with Crippen LogP contribution in [0.25, 0.3) is 0 Å². The molecule has 0 N–H and O–H groups in total. The van der Waals surface area contributed by atoms with E-state index in [1.54, 1.807) is 23.9 Å². The number of esters is 1. The summed E-state index contributed by atoms with van der Waals surface area (Å²) >= 11 is 0. The van der Waals surface area contributed by atoms with Crippen molar-refractivity contribution in [1.29, 1.82) is 0 Å². The average Bonchev–Trinajstić information content (AvgIpc) is 2.82. The lowest BCUT2D eigenvalue weighted by Gasteiger charge is -2.07. The number of hydrogen-bond acceptors (Lipinski definition) is 4. The van der Waals surface area contributed by atoms with E-state index in [0.29, 0.717) is 23.8 Å². The van der Waals surface area contributed by atoms with Crippen LogP contribution in [0, 0.1) is 0 Å². The van der Waals surface area contributed by atoms with Gasteiger partial charge < -0.3 is 14.0 Å². The first-order valence-corrected chi connectivity index (χ1v) is 8.22. The fourth-order valence-electron chi connectivity index (χ4n) is 1.91. The van der Waals surface area contributed by atoms with Crippen LogP contribution in [-0.2, 0) is 32.8 Å². The maximum Gasteiger partial charge on any atom is 0.339 e. The quantitative estimate of drug-likeness (QED) is 0.519. The zero-order valence-corrected chi connectivity index (χ0v) is 13.2.